The minimum absolute atomic E-state index is 0.152. The average Bonchev–Trinajstić information content (AvgIpc) is 2.81. The van der Waals surface area contributed by atoms with Crippen molar-refractivity contribution >= 4 is 5.91 Å². The molecule has 1 saturated heterocycles. The lowest BCUT2D eigenvalue weighted by Crippen LogP contribution is -2.44. The van der Waals surface area contributed by atoms with Crippen molar-refractivity contribution in [2.45, 2.75) is 39.2 Å². The predicted molar refractivity (Wildman–Crippen MR) is 66.2 cm³/mol. The van der Waals surface area contributed by atoms with Crippen LogP contribution < -0.4 is 5.32 Å². The molecule has 0 aromatic carbocycles. The van der Waals surface area contributed by atoms with Crippen LogP contribution in [-0.4, -0.2) is 40.3 Å². The van der Waals surface area contributed by atoms with Gasteiger partial charge in [-0.15, -0.1) is 5.10 Å². The van der Waals surface area contributed by atoms with Crippen molar-refractivity contribution in [2.24, 2.45) is 5.92 Å². The first-order valence-corrected chi connectivity index (χ1v) is 6.50. The van der Waals surface area contributed by atoms with Gasteiger partial charge in [-0.25, -0.2) is 4.98 Å². The van der Waals surface area contributed by atoms with Gasteiger partial charge >= 0.3 is 0 Å². The second-order valence-electron chi connectivity index (χ2n) is 4.78. The number of hydrogen-bond acceptors (Lipinski definition) is 4. The van der Waals surface area contributed by atoms with Gasteiger partial charge in [0.15, 0.2) is 0 Å². The number of carbonyl (C=O) groups excluding carboxylic acids is 1. The van der Waals surface area contributed by atoms with Crippen LogP contribution in [0.25, 0.3) is 0 Å². The predicted octanol–water partition coefficient (Wildman–Crippen LogP) is 0.912. The topological polar surface area (TPSA) is 79.9 Å². The van der Waals surface area contributed by atoms with Gasteiger partial charge in [0.25, 0.3) is 5.91 Å². The van der Waals surface area contributed by atoms with Crippen LogP contribution in [0.15, 0.2) is 0 Å². The number of aryl methyl sites for hydroxylation is 1. The zero-order valence-corrected chi connectivity index (χ0v) is 10.9. The molecule has 2 heterocycles. The van der Waals surface area contributed by atoms with Crippen LogP contribution in [0.4, 0.5) is 0 Å². The maximum Gasteiger partial charge on any atom is 0.291 e. The summed E-state index contributed by atoms with van der Waals surface area (Å²) in [6, 6.07) is 0.152. The fourth-order valence-corrected chi connectivity index (χ4v) is 2.07. The van der Waals surface area contributed by atoms with Gasteiger partial charge in [-0.2, -0.15) is 0 Å². The molecule has 1 fully saturated rings. The first-order valence-electron chi connectivity index (χ1n) is 6.50. The summed E-state index contributed by atoms with van der Waals surface area (Å²) in [6.07, 6.45) is 2.64. The van der Waals surface area contributed by atoms with Gasteiger partial charge in [-0.1, -0.05) is 13.8 Å². The smallest absolute Gasteiger partial charge is 0.291 e. The van der Waals surface area contributed by atoms with Gasteiger partial charge in [0.05, 0.1) is 6.61 Å². The van der Waals surface area contributed by atoms with Gasteiger partial charge in [0.1, 0.15) is 5.82 Å². The van der Waals surface area contributed by atoms with E-state index in [1.165, 1.54) is 0 Å². The number of amides is 1. The van der Waals surface area contributed by atoms with E-state index in [1.54, 1.807) is 0 Å². The minimum Gasteiger partial charge on any atom is -0.381 e. The lowest BCUT2D eigenvalue weighted by molar-refractivity contribution is 0.0373. The first-order chi connectivity index (χ1) is 8.70. The summed E-state index contributed by atoms with van der Waals surface area (Å²) in [5.74, 6) is 1.13. The SMILES string of the molecule is CCCc1nc(C(=O)NC2CCOCC2C)n[nH]1. The molecule has 0 aliphatic carbocycles. The van der Waals surface area contributed by atoms with Crippen molar-refractivity contribution in [3.05, 3.63) is 11.6 Å². The van der Waals surface area contributed by atoms with Crippen LogP contribution in [0.3, 0.4) is 0 Å². The molecule has 2 unspecified atom stereocenters. The van der Waals surface area contributed by atoms with E-state index in [2.05, 4.69) is 34.3 Å². The molecule has 18 heavy (non-hydrogen) atoms. The summed E-state index contributed by atoms with van der Waals surface area (Å²) in [5.41, 5.74) is 0. The van der Waals surface area contributed by atoms with Gasteiger partial charge in [0, 0.05) is 19.1 Å². The Morgan fingerprint density at radius 3 is 3.17 bits per heavy atom. The van der Waals surface area contributed by atoms with Crippen LogP contribution in [0, 0.1) is 5.92 Å². The molecule has 1 amide bonds. The van der Waals surface area contributed by atoms with E-state index in [0.717, 1.165) is 25.1 Å². The summed E-state index contributed by atoms with van der Waals surface area (Å²) in [5, 5.41) is 9.71. The molecule has 100 valence electrons. The quantitative estimate of drug-likeness (QED) is 0.834. The summed E-state index contributed by atoms with van der Waals surface area (Å²) >= 11 is 0. The van der Waals surface area contributed by atoms with Crippen LogP contribution in [0.5, 0.6) is 0 Å². The fraction of sp³-hybridized carbons (Fsp3) is 0.750. The average molecular weight is 252 g/mol. The maximum absolute atomic E-state index is 12.0. The maximum atomic E-state index is 12.0. The fourth-order valence-electron chi connectivity index (χ4n) is 2.07. The molecule has 2 atom stereocenters. The number of ether oxygens (including phenoxy) is 1. The summed E-state index contributed by atoms with van der Waals surface area (Å²) < 4.78 is 5.35. The molecule has 1 aromatic heterocycles. The van der Waals surface area contributed by atoms with Crippen molar-refractivity contribution in [1.29, 1.82) is 0 Å². The van der Waals surface area contributed by atoms with Crippen molar-refractivity contribution in [1.82, 2.24) is 20.5 Å². The largest absolute Gasteiger partial charge is 0.381 e. The second-order valence-corrected chi connectivity index (χ2v) is 4.78. The Morgan fingerprint density at radius 2 is 2.44 bits per heavy atom. The third kappa shape index (κ3) is 3.07. The highest BCUT2D eigenvalue weighted by Crippen LogP contribution is 2.14. The van der Waals surface area contributed by atoms with Gasteiger partial charge in [-0.3, -0.25) is 9.89 Å². The Balaban J connectivity index is 1.93. The molecule has 6 heteroatoms. The van der Waals surface area contributed by atoms with Crippen molar-refractivity contribution in [2.75, 3.05) is 13.2 Å². The van der Waals surface area contributed by atoms with E-state index in [4.69, 9.17) is 4.74 Å². The first kappa shape index (κ1) is 13.0. The van der Waals surface area contributed by atoms with Crippen LogP contribution in [0.1, 0.15) is 43.1 Å². The van der Waals surface area contributed by atoms with Crippen LogP contribution in [0.2, 0.25) is 0 Å². The van der Waals surface area contributed by atoms with E-state index in [9.17, 15) is 4.79 Å². The van der Waals surface area contributed by atoms with Gasteiger partial charge < -0.3 is 10.1 Å². The number of hydrogen-bond donors (Lipinski definition) is 2. The monoisotopic (exact) mass is 252 g/mol. The lowest BCUT2D eigenvalue weighted by Gasteiger charge is -2.29. The molecule has 6 nitrogen and oxygen atoms in total. The molecular weight excluding hydrogens is 232 g/mol. The Morgan fingerprint density at radius 1 is 1.61 bits per heavy atom. The van der Waals surface area contributed by atoms with Crippen molar-refractivity contribution in [3.8, 4) is 0 Å². The number of aromatic amines is 1. The molecule has 1 aliphatic rings. The summed E-state index contributed by atoms with van der Waals surface area (Å²) in [7, 11) is 0. The minimum atomic E-state index is -0.202. The molecule has 1 aliphatic heterocycles. The second kappa shape index (κ2) is 5.95. The number of nitrogens with zero attached hydrogens (tertiary/aromatic N) is 2. The third-order valence-electron chi connectivity index (χ3n) is 3.18. The Kier molecular flexibility index (Phi) is 4.30. The number of H-pyrrole nitrogens is 1. The van der Waals surface area contributed by atoms with E-state index >= 15 is 0 Å². The molecule has 1 aromatic rings. The van der Waals surface area contributed by atoms with Crippen LogP contribution >= 0.6 is 0 Å². The number of rotatable bonds is 4. The summed E-state index contributed by atoms with van der Waals surface area (Å²) in [6.45, 7) is 5.53. The highest BCUT2D eigenvalue weighted by molar-refractivity contribution is 5.90. The van der Waals surface area contributed by atoms with Crippen LogP contribution in [-0.2, 0) is 11.2 Å². The number of nitrogens with one attached hydrogen (secondary N) is 2. The van der Waals surface area contributed by atoms with Gasteiger partial charge in [0.2, 0.25) is 5.82 Å². The zero-order valence-electron chi connectivity index (χ0n) is 10.9. The normalized spacial score (nSPS) is 23.9. The molecular formula is C12H20N4O2. The summed E-state index contributed by atoms with van der Waals surface area (Å²) in [4.78, 5) is 16.2. The lowest BCUT2D eigenvalue weighted by atomic mass is 9.98. The highest BCUT2D eigenvalue weighted by atomic mass is 16.5. The van der Waals surface area contributed by atoms with E-state index < -0.39 is 0 Å². The number of aromatic nitrogens is 3. The standard InChI is InChI=1S/C12H20N4O2/c1-3-4-10-14-11(16-15-10)12(17)13-9-5-6-18-7-8(9)2/h8-9H,3-7H2,1-2H3,(H,13,17)(H,14,15,16). The third-order valence-corrected chi connectivity index (χ3v) is 3.18. The molecule has 0 radical (unpaired) electrons. The Bertz CT molecular complexity index is 405. The van der Waals surface area contributed by atoms with Gasteiger partial charge in [-0.05, 0) is 18.8 Å². The highest BCUT2D eigenvalue weighted by Gasteiger charge is 2.25. The molecule has 0 spiro atoms. The van der Waals surface area contributed by atoms with Crippen molar-refractivity contribution < 1.29 is 9.53 Å². The van der Waals surface area contributed by atoms with Crippen molar-refractivity contribution in [3.63, 3.8) is 0 Å². The van der Waals surface area contributed by atoms with E-state index in [-0.39, 0.29) is 17.8 Å². The van der Waals surface area contributed by atoms with E-state index in [0.29, 0.717) is 19.1 Å². The number of carbonyl (C=O) groups is 1. The molecule has 2 N–H and O–H groups in total. The Hall–Kier alpha value is -1.43. The molecule has 0 bridgehead atoms. The van der Waals surface area contributed by atoms with E-state index in [1.807, 2.05) is 0 Å². The zero-order chi connectivity index (χ0) is 13.0. The molecule has 2 rings (SSSR count). The Labute approximate surface area is 107 Å². The molecule has 0 saturated carbocycles.